The third-order valence-electron chi connectivity index (χ3n) is 5.06. The van der Waals surface area contributed by atoms with Gasteiger partial charge in [0.05, 0.1) is 19.1 Å². The number of hydrogen-bond acceptors (Lipinski definition) is 3. The third kappa shape index (κ3) is 3.39. The molecule has 1 aliphatic carbocycles. The molecule has 5 nitrogen and oxygen atoms in total. The van der Waals surface area contributed by atoms with E-state index in [0.717, 1.165) is 19.3 Å². The highest BCUT2D eigenvalue weighted by Gasteiger charge is 2.36. The molecule has 0 bridgehead atoms. The highest BCUT2D eigenvalue weighted by molar-refractivity contribution is 5.83. The summed E-state index contributed by atoms with van der Waals surface area (Å²) in [4.78, 5) is 32.1. The summed E-state index contributed by atoms with van der Waals surface area (Å²) in [6, 6.07) is 0.357. The number of amides is 2. The number of hydroxylamine groups is 2. The standard InChI is InChI=1S/C16H26N2O3/c19-15-9-8-13(16(20)18-10-5-11-21-18)12-17(15)14-6-3-1-2-4-7-14/h13-14H,1-12H2. The predicted octanol–water partition coefficient (Wildman–Crippen LogP) is 2.11. The van der Waals surface area contributed by atoms with E-state index in [-0.39, 0.29) is 17.7 Å². The van der Waals surface area contributed by atoms with Crippen molar-refractivity contribution in [3.63, 3.8) is 0 Å². The highest BCUT2D eigenvalue weighted by Crippen LogP contribution is 2.28. The lowest BCUT2D eigenvalue weighted by Gasteiger charge is -2.38. The summed E-state index contributed by atoms with van der Waals surface area (Å²) in [5, 5.41) is 1.52. The van der Waals surface area contributed by atoms with E-state index in [1.165, 1.54) is 30.7 Å². The smallest absolute Gasteiger partial charge is 0.251 e. The maximum atomic E-state index is 12.5. The molecule has 1 unspecified atom stereocenters. The van der Waals surface area contributed by atoms with E-state index >= 15 is 0 Å². The van der Waals surface area contributed by atoms with Crippen molar-refractivity contribution in [2.75, 3.05) is 19.7 Å². The lowest BCUT2D eigenvalue weighted by Crippen LogP contribution is -2.50. The summed E-state index contributed by atoms with van der Waals surface area (Å²) in [7, 11) is 0. The van der Waals surface area contributed by atoms with Gasteiger partial charge in [-0.1, -0.05) is 25.7 Å². The number of carbonyl (C=O) groups is 2. The second-order valence-electron chi connectivity index (χ2n) is 6.55. The van der Waals surface area contributed by atoms with Crippen molar-refractivity contribution >= 4 is 11.8 Å². The molecule has 2 aliphatic heterocycles. The van der Waals surface area contributed by atoms with Gasteiger partial charge in [0.25, 0.3) is 5.91 Å². The maximum absolute atomic E-state index is 12.5. The number of likely N-dealkylation sites (tertiary alicyclic amines) is 1. The Morgan fingerprint density at radius 2 is 1.81 bits per heavy atom. The Kier molecular flexibility index (Phi) is 4.78. The molecule has 21 heavy (non-hydrogen) atoms. The van der Waals surface area contributed by atoms with Crippen LogP contribution in [0.25, 0.3) is 0 Å². The van der Waals surface area contributed by atoms with Gasteiger partial charge in [-0.25, -0.2) is 5.06 Å². The molecular weight excluding hydrogens is 268 g/mol. The van der Waals surface area contributed by atoms with Crippen molar-refractivity contribution in [2.45, 2.75) is 63.8 Å². The van der Waals surface area contributed by atoms with Crippen LogP contribution >= 0.6 is 0 Å². The van der Waals surface area contributed by atoms with Crippen molar-refractivity contribution < 1.29 is 14.4 Å². The minimum Gasteiger partial charge on any atom is -0.339 e. The molecule has 0 aromatic rings. The van der Waals surface area contributed by atoms with Crippen LogP contribution in [0.2, 0.25) is 0 Å². The highest BCUT2D eigenvalue weighted by atomic mass is 16.7. The number of nitrogens with zero attached hydrogens (tertiary/aromatic N) is 2. The van der Waals surface area contributed by atoms with E-state index in [0.29, 0.717) is 38.6 Å². The zero-order chi connectivity index (χ0) is 14.7. The second kappa shape index (κ2) is 6.77. The molecule has 0 aromatic heterocycles. The number of piperidine rings is 1. The second-order valence-corrected chi connectivity index (χ2v) is 6.55. The summed E-state index contributed by atoms with van der Waals surface area (Å²) in [6.07, 6.45) is 9.31. The lowest BCUT2D eigenvalue weighted by atomic mass is 9.93. The molecule has 2 amide bonds. The number of rotatable bonds is 2. The van der Waals surface area contributed by atoms with Gasteiger partial charge in [-0.3, -0.25) is 14.4 Å². The summed E-state index contributed by atoms with van der Waals surface area (Å²) in [6.45, 7) is 1.94. The van der Waals surface area contributed by atoms with E-state index in [4.69, 9.17) is 4.84 Å². The molecule has 5 heteroatoms. The van der Waals surface area contributed by atoms with Crippen LogP contribution in [0.4, 0.5) is 0 Å². The van der Waals surface area contributed by atoms with Crippen LogP contribution in [0.15, 0.2) is 0 Å². The summed E-state index contributed by atoms with van der Waals surface area (Å²) >= 11 is 0. The van der Waals surface area contributed by atoms with Crippen LogP contribution in [0, 0.1) is 5.92 Å². The zero-order valence-electron chi connectivity index (χ0n) is 12.8. The van der Waals surface area contributed by atoms with Crippen LogP contribution in [0.1, 0.15) is 57.8 Å². The van der Waals surface area contributed by atoms with E-state index in [9.17, 15) is 9.59 Å². The largest absolute Gasteiger partial charge is 0.339 e. The molecule has 1 saturated carbocycles. The number of carbonyl (C=O) groups excluding carboxylic acids is 2. The first kappa shape index (κ1) is 14.8. The average Bonchev–Trinajstić information content (AvgIpc) is 2.90. The Balaban J connectivity index is 1.63. The van der Waals surface area contributed by atoms with Crippen LogP contribution in [-0.4, -0.2) is 47.5 Å². The van der Waals surface area contributed by atoms with Gasteiger partial charge in [0.2, 0.25) is 5.91 Å². The summed E-state index contributed by atoms with van der Waals surface area (Å²) in [5.74, 6) is 0.260. The van der Waals surface area contributed by atoms with E-state index in [1.54, 1.807) is 0 Å². The average molecular weight is 294 g/mol. The van der Waals surface area contributed by atoms with Gasteiger partial charge in [0, 0.05) is 19.0 Å². The zero-order valence-corrected chi connectivity index (χ0v) is 12.8. The quantitative estimate of drug-likeness (QED) is 0.733. The molecule has 0 radical (unpaired) electrons. The van der Waals surface area contributed by atoms with Gasteiger partial charge < -0.3 is 4.90 Å². The molecule has 0 spiro atoms. The Morgan fingerprint density at radius 1 is 1.05 bits per heavy atom. The van der Waals surface area contributed by atoms with Crippen LogP contribution < -0.4 is 0 Å². The van der Waals surface area contributed by atoms with Gasteiger partial charge >= 0.3 is 0 Å². The van der Waals surface area contributed by atoms with E-state index < -0.39 is 0 Å². The molecule has 0 N–H and O–H groups in total. The molecule has 1 atom stereocenters. The van der Waals surface area contributed by atoms with Gasteiger partial charge in [-0.05, 0) is 25.7 Å². The fourth-order valence-corrected chi connectivity index (χ4v) is 3.82. The van der Waals surface area contributed by atoms with Crippen LogP contribution in [0.5, 0.6) is 0 Å². The molecule has 2 saturated heterocycles. The first-order chi connectivity index (χ1) is 10.3. The predicted molar refractivity (Wildman–Crippen MR) is 78.2 cm³/mol. The topological polar surface area (TPSA) is 49.9 Å². The first-order valence-corrected chi connectivity index (χ1v) is 8.49. The first-order valence-electron chi connectivity index (χ1n) is 8.49. The van der Waals surface area contributed by atoms with Crippen molar-refractivity contribution in [2.24, 2.45) is 5.92 Å². The lowest BCUT2D eigenvalue weighted by molar-refractivity contribution is -0.176. The Morgan fingerprint density at radius 3 is 2.48 bits per heavy atom. The molecular formula is C16H26N2O3. The molecule has 3 fully saturated rings. The fraction of sp³-hybridized carbons (Fsp3) is 0.875. The van der Waals surface area contributed by atoms with Crippen molar-refractivity contribution in [1.29, 1.82) is 0 Å². The summed E-state index contributed by atoms with van der Waals surface area (Å²) < 4.78 is 0. The molecule has 2 heterocycles. The monoisotopic (exact) mass is 294 g/mol. The van der Waals surface area contributed by atoms with Crippen LogP contribution in [0.3, 0.4) is 0 Å². The molecule has 3 aliphatic rings. The maximum Gasteiger partial charge on any atom is 0.251 e. The molecule has 0 aromatic carbocycles. The Labute approximate surface area is 126 Å². The Hall–Kier alpha value is -1.10. The van der Waals surface area contributed by atoms with Crippen molar-refractivity contribution in [3.8, 4) is 0 Å². The van der Waals surface area contributed by atoms with Gasteiger partial charge in [0.1, 0.15) is 0 Å². The van der Waals surface area contributed by atoms with E-state index in [1.807, 2.05) is 4.90 Å². The van der Waals surface area contributed by atoms with Crippen molar-refractivity contribution in [3.05, 3.63) is 0 Å². The fourth-order valence-electron chi connectivity index (χ4n) is 3.82. The van der Waals surface area contributed by atoms with Crippen LogP contribution in [-0.2, 0) is 14.4 Å². The van der Waals surface area contributed by atoms with Gasteiger partial charge in [-0.2, -0.15) is 0 Å². The number of hydrogen-bond donors (Lipinski definition) is 0. The third-order valence-corrected chi connectivity index (χ3v) is 5.06. The van der Waals surface area contributed by atoms with Gasteiger partial charge in [0.15, 0.2) is 0 Å². The van der Waals surface area contributed by atoms with Crippen molar-refractivity contribution in [1.82, 2.24) is 9.96 Å². The summed E-state index contributed by atoms with van der Waals surface area (Å²) in [5.41, 5.74) is 0. The minimum absolute atomic E-state index is 0.0657. The van der Waals surface area contributed by atoms with Gasteiger partial charge in [-0.15, -0.1) is 0 Å². The minimum atomic E-state index is -0.0657. The normalized spacial score (nSPS) is 28.8. The van der Waals surface area contributed by atoms with E-state index in [2.05, 4.69) is 0 Å². The SMILES string of the molecule is O=C(C1CCC(=O)N(C2CCCCCC2)C1)N1CCCO1. The molecule has 3 rings (SSSR count). The Bertz CT molecular complexity index is 385. The molecule has 118 valence electrons.